The molecule has 44 valence electrons. The Balaban J connectivity index is -0.0000000612. The van der Waals surface area contributed by atoms with Crippen molar-refractivity contribution in [1.29, 1.82) is 0 Å². The Hall–Kier alpha value is 3.02. The third-order valence-electron chi connectivity index (χ3n) is 0.756. The molecule has 1 aromatic rings. The molecule has 1 N–H and O–H groups in total. The van der Waals surface area contributed by atoms with Crippen LogP contribution >= 0.6 is 0 Å². The molecular weight excluding hydrogens is 180 g/mol. The van der Waals surface area contributed by atoms with Crippen LogP contribution in [-0.4, -0.2) is 123 Å². The second kappa shape index (κ2) is 15.5. The third-order valence-corrected chi connectivity index (χ3v) is 0.756. The molecule has 0 saturated heterocycles. The summed E-state index contributed by atoms with van der Waals surface area (Å²) in [5.74, 6) is 0.322. The van der Waals surface area contributed by atoms with Crippen LogP contribution in [0.1, 0.15) is 0 Å². The fourth-order valence-corrected chi connectivity index (χ4v) is 0.428. The Morgan fingerprint density at radius 2 is 1.09 bits per heavy atom. The molecule has 0 aromatic heterocycles. The number of aromatic hydroxyl groups is 1. The predicted molar refractivity (Wildman–Crippen MR) is 56.7 cm³/mol. The molecule has 0 aliphatic carbocycles. The van der Waals surface area contributed by atoms with Gasteiger partial charge in [0, 0.05) is 0 Å². The number of phenolic OH excluding ortho intramolecular Hbond substituents is 1. The van der Waals surface area contributed by atoms with Crippen LogP contribution < -0.4 is 0 Å². The summed E-state index contributed by atoms with van der Waals surface area (Å²) >= 11 is 0. The van der Waals surface area contributed by atoms with Gasteiger partial charge in [-0.3, -0.25) is 0 Å². The van der Waals surface area contributed by atoms with Crippen molar-refractivity contribution in [2.24, 2.45) is 0 Å². The summed E-state index contributed by atoms with van der Waals surface area (Å²) < 4.78 is 0. The van der Waals surface area contributed by atoms with E-state index in [1.165, 1.54) is 0 Å². The summed E-state index contributed by atoms with van der Waals surface area (Å²) in [6.45, 7) is 0. The minimum absolute atomic E-state index is 0. The number of hydrogen-bond acceptors (Lipinski definition) is 1. The number of hydrogen-bond donors (Lipinski definition) is 1. The molecule has 1 nitrogen and oxygen atoms in total. The Morgan fingerprint density at radius 1 is 0.727 bits per heavy atom. The zero-order valence-corrected chi connectivity index (χ0v) is 3.83. The number of benzene rings is 1. The summed E-state index contributed by atoms with van der Waals surface area (Å²) in [5, 5.41) is 8.63. The maximum atomic E-state index is 8.63. The van der Waals surface area contributed by atoms with Crippen molar-refractivity contribution >= 4 is 118 Å². The molecule has 0 unspecified atom stereocenters. The summed E-state index contributed by atoms with van der Waals surface area (Å²) in [6.07, 6.45) is 0. The van der Waals surface area contributed by atoms with Crippen molar-refractivity contribution in [3.8, 4) is 5.75 Å². The first kappa shape index (κ1) is 23.7. The van der Waals surface area contributed by atoms with Crippen molar-refractivity contribution in [2.75, 3.05) is 0 Å². The average Bonchev–Trinajstić information content (AvgIpc) is 1.69. The number of rotatable bonds is 0. The van der Waals surface area contributed by atoms with E-state index in [9.17, 15) is 0 Å². The first-order valence-corrected chi connectivity index (χ1v) is 2.13. The van der Waals surface area contributed by atoms with Crippen LogP contribution in [0.4, 0.5) is 0 Å². The summed E-state index contributed by atoms with van der Waals surface area (Å²) in [4.78, 5) is 0. The topological polar surface area (TPSA) is 20.2 Å². The van der Waals surface area contributed by atoms with E-state index in [4.69, 9.17) is 5.11 Å². The first-order valence-electron chi connectivity index (χ1n) is 2.13. The third kappa shape index (κ3) is 13.0. The molecule has 0 heterocycles. The molecule has 0 fully saturated rings. The second-order valence-electron chi connectivity index (χ2n) is 1.34. The predicted octanol–water partition coefficient (Wildman–Crippen LogP) is -1.20. The monoisotopic (exact) mass is 190 g/mol. The molecule has 0 saturated carbocycles. The molecule has 0 radical (unpaired) electrons. The van der Waals surface area contributed by atoms with Gasteiger partial charge >= 0.3 is 118 Å². The molecule has 0 aliphatic heterocycles. The van der Waals surface area contributed by atoms with Crippen molar-refractivity contribution in [1.82, 2.24) is 0 Å². The zero-order valence-electron chi connectivity index (χ0n) is 3.83. The standard InChI is InChI=1S/C6H6O.4Na.4H/c7-6-4-2-1-3-5-6;;;;;;;;/h1-5,7H;;;;;;;;. The van der Waals surface area contributed by atoms with Crippen LogP contribution in [0.5, 0.6) is 5.75 Å². The van der Waals surface area contributed by atoms with Gasteiger partial charge in [0.25, 0.3) is 0 Å². The van der Waals surface area contributed by atoms with Gasteiger partial charge in [0.2, 0.25) is 0 Å². The molecular formula is C6H10Na4O. The van der Waals surface area contributed by atoms with Crippen LogP contribution in [0.3, 0.4) is 0 Å². The SMILES string of the molecule is Oc1ccccc1.[NaH].[NaH].[NaH].[NaH]. The molecule has 0 atom stereocenters. The molecule has 1 aromatic carbocycles. The van der Waals surface area contributed by atoms with E-state index in [0.717, 1.165) is 0 Å². The molecule has 5 heteroatoms. The van der Waals surface area contributed by atoms with E-state index < -0.39 is 0 Å². The Labute approximate surface area is 156 Å². The maximum absolute atomic E-state index is 8.63. The van der Waals surface area contributed by atoms with Gasteiger partial charge in [-0.2, -0.15) is 0 Å². The summed E-state index contributed by atoms with van der Waals surface area (Å²) in [5.41, 5.74) is 0. The van der Waals surface area contributed by atoms with Crippen molar-refractivity contribution in [3.05, 3.63) is 30.3 Å². The second-order valence-corrected chi connectivity index (χ2v) is 1.34. The van der Waals surface area contributed by atoms with Crippen molar-refractivity contribution in [2.45, 2.75) is 0 Å². The van der Waals surface area contributed by atoms with Crippen LogP contribution in [0.25, 0.3) is 0 Å². The van der Waals surface area contributed by atoms with Gasteiger partial charge in [0.15, 0.2) is 0 Å². The van der Waals surface area contributed by atoms with Gasteiger partial charge in [-0.15, -0.1) is 0 Å². The van der Waals surface area contributed by atoms with Gasteiger partial charge in [-0.25, -0.2) is 0 Å². The first-order chi connectivity index (χ1) is 3.39. The van der Waals surface area contributed by atoms with Gasteiger partial charge < -0.3 is 5.11 Å². The van der Waals surface area contributed by atoms with Crippen LogP contribution in [0.15, 0.2) is 30.3 Å². The van der Waals surface area contributed by atoms with E-state index in [1.807, 2.05) is 6.07 Å². The van der Waals surface area contributed by atoms with Gasteiger partial charge in [-0.1, -0.05) is 18.2 Å². The van der Waals surface area contributed by atoms with Gasteiger partial charge in [-0.05, 0) is 12.1 Å². The van der Waals surface area contributed by atoms with Gasteiger partial charge in [0.05, 0.1) is 0 Å². The minimum atomic E-state index is 0. The molecule has 0 spiro atoms. The molecule has 0 amide bonds. The van der Waals surface area contributed by atoms with E-state index in [1.54, 1.807) is 24.3 Å². The number of para-hydroxylation sites is 1. The number of phenols is 1. The Kier molecular flexibility index (Phi) is 33.3. The Morgan fingerprint density at radius 3 is 1.27 bits per heavy atom. The van der Waals surface area contributed by atoms with Gasteiger partial charge in [0.1, 0.15) is 5.75 Å². The zero-order chi connectivity index (χ0) is 5.11. The van der Waals surface area contributed by atoms with E-state index in [2.05, 4.69) is 0 Å². The van der Waals surface area contributed by atoms with E-state index in [0.29, 0.717) is 5.75 Å². The fourth-order valence-electron chi connectivity index (χ4n) is 0.428. The van der Waals surface area contributed by atoms with E-state index in [-0.39, 0.29) is 118 Å². The normalized spacial score (nSPS) is 5.45. The van der Waals surface area contributed by atoms with Crippen LogP contribution in [0, 0.1) is 0 Å². The van der Waals surface area contributed by atoms with Crippen LogP contribution in [0.2, 0.25) is 0 Å². The average molecular weight is 190 g/mol. The van der Waals surface area contributed by atoms with Crippen LogP contribution in [-0.2, 0) is 0 Å². The molecule has 0 aliphatic rings. The Bertz CT molecular complexity index is 145. The quantitative estimate of drug-likeness (QED) is 0.509. The van der Waals surface area contributed by atoms with E-state index >= 15 is 0 Å². The molecule has 1 rings (SSSR count). The molecule has 11 heavy (non-hydrogen) atoms. The summed E-state index contributed by atoms with van der Waals surface area (Å²) in [7, 11) is 0. The van der Waals surface area contributed by atoms with Crippen molar-refractivity contribution < 1.29 is 5.11 Å². The summed E-state index contributed by atoms with van der Waals surface area (Å²) in [6, 6.07) is 8.71. The molecule has 0 bridgehead atoms. The fraction of sp³-hybridized carbons (Fsp3) is 0. The van der Waals surface area contributed by atoms with Crippen molar-refractivity contribution in [3.63, 3.8) is 0 Å².